The van der Waals surface area contributed by atoms with E-state index in [1.54, 1.807) is 11.3 Å². The van der Waals surface area contributed by atoms with Gasteiger partial charge < -0.3 is 10.3 Å². The molecule has 0 unspecified atom stereocenters. The van der Waals surface area contributed by atoms with Gasteiger partial charge in [-0.3, -0.25) is 0 Å². The van der Waals surface area contributed by atoms with Crippen molar-refractivity contribution in [2.75, 3.05) is 5.32 Å². The van der Waals surface area contributed by atoms with Crippen LogP contribution < -0.4 is 5.32 Å². The minimum atomic E-state index is 0.782. The van der Waals surface area contributed by atoms with Crippen LogP contribution in [-0.2, 0) is 6.42 Å². The lowest BCUT2D eigenvalue weighted by Gasteiger charge is -2.06. The lowest BCUT2D eigenvalue weighted by Crippen LogP contribution is -1.90. The molecule has 0 atom stereocenters. The Labute approximate surface area is 160 Å². The van der Waals surface area contributed by atoms with Crippen molar-refractivity contribution in [2.45, 2.75) is 13.3 Å². The van der Waals surface area contributed by atoms with Crippen molar-refractivity contribution in [2.24, 2.45) is 0 Å². The Morgan fingerprint density at radius 2 is 1.67 bits per heavy atom. The van der Waals surface area contributed by atoms with Crippen molar-refractivity contribution in [1.29, 1.82) is 0 Å². The zero-order chi connectivity index (χ0) is 18.2. The first-order valence-electron chi connectivity index (χ1n) is 8.91. The molecule has 2 heterocycles. The molecule has 2 aromatic heterocycles. The van der Waals surface area contributed by atoms with Crippen LogP contribution in [0.15, 0.2) is 66.7 Å². The fourth-order valence-electron chi connectivity index (χ4n) is 3.54. The van der Waals surface area contributed by atoms with Crippen LogP contribution in [0, 0.1) is 6.92 Å². The molecule has 0 saturated carbocycles. The first-order chi connectivity index (χ1) is 13.3. The Kier molecular flexibility index (Phi) is 3.87. The van der Waals surface area contributed by atoms with Gasteiger partial charge in [-0.25, -0.2) is 0 Å². The first-order valence-corrected chi connectivity index (χ1v) is 9.73. The maximum absolute atomic E-state index is 4.41. The largest absolute Gasteiger partial charge is 0.358 e. The number of para-hydroxylation sites is 1. The Hall–Kier alpha value is -3.18. The van der Waals surface area contributed by atoms with Crippen LogP contribution in [0.2, 0.25) is 0 Å². The summed E-state index contributed by atoms with van der Waals surface area (Å²) in [6.07, 6.45) is 0.782. The molecule has 2 N–H and O–H groups in total. The van der Waals surface area contributed by atoms with Crippen molar-refractivity contribution in [3.8, 4) is 0 Å². The quantitative estimate of drug-likeness (QED) is 0.419. The number of benzene rings is 3. The number of rotatable bonds is 4. The molecule has 0 saturated heterocycles. The van der Waals surface area contributed by atoms with E-state index >= 15 is 0 Å². The van der Waals surface area contributed by atoms with Gasteiger partial charge >= 0.3 is 0 Å². The van der Waals surface area contributed by atoms with E-state index in [-0.39, 0.29) is 0 Å². The van der Waals surface area contributed by atoms with Crippen molar-refractivity contribution < 1.29 is 0 Å². The highest BCUT2D eigenvalue weighted by molar-refractivity contribution is 7.15. The van der Waals surface area contributed by atoms with Crippen molar-refractivity contribution in [1.82, 2.24) is 15.2 Å². The number of anilines is 2. The predicted octanol–water partition coefficient (Wildman–Crippen LogP) is 5.82. The Bertz CT molecular complexity index is 1250. The summed E-state index contributed by atoms with van der Waals surface area (Å²) in [5.41, 5.74) is 4.70. The van der Waals surface area contributed by atoms with Gasteiger partial charge in [-0.15, -0.1) is 10.2 Å². The number of fused-ring (bicyclic) bond motifs is 2. The third kappa shape index (κ3) is 2.96. The van der Waals surface area contributed by atoms with Crippen LogP contribution in [0.1, 0.15) is 16.3 Å². The maximum atomic E-state index is 4.41. The first kappa shape index (κ1) is 16.0. The molecule has 0 aliphatic carbocycles. The third-order valence-electron chi connectivity index (χ3n) is 4.85. The molecule has 27 heavy (non-hydrogen) atoms. The fourth-order valence-corrected chi connectivity index (χ4v) is 4.30. The Morgan fingerprint density at radius 3 is 2.59 bits per heavy atom. The smallest absolute Gasteiger partial charge is 0.210 e. The molecule has 0 aliphatic heterocycles. The molecule has 5 heteroatoms. The van der Waals surface area contributed by atoms with Gasteiger partial charge in [0.25, 0.3) is 0 Å². The van der Waals surface area contributed by atoms with Gasteiger partial charge in [-0.2, -0.15) is 0 Å². The van der Waals surface area contributed by atoms with Crippen molar-refractivity contribution >= 4 is 43.8 Å². The second kappa shape index (κ2) is 6.52. The fraction of sp³-hybridized carbons (Fsp3) is 0.0909. The summed E-state index contributed by atoms with van der Waals surface area (Å²) >= 11 is 1.60. The number of nitrogens with zero attached hydrogens (tertiary/aromatic N) is 2. The average Bonchev–Trinajstić information content (AvgIpc) is 3.27. The minimum Gasteiger partial charge on any atom is -0.358 e. The van der Waals surface area contributed by atoms with Crippen LogP contribution >= 0.6 is 11.3 Å². The zero-order valence-corrected chi connectivity index (χ0v) is 15.7. The van der Waals surface area contributed by atoms with Crippen molar-refractivity contribution in [3.05, 3.63) is 83.0 Å². The van der Waals surface area contributed by atoms with Crippen LogP contribution in [0.3, 0.4) is 0 Å². The van der Waals surface area contributed by atoms with Gasteiger partial charge in [0.15, 0.2) is 0 Å². The van der Waals surface area contributed by atoms with E-state index in [4.69, 9.17) is 0 Å². The predicted molar refractivity (Wildman–Crippen MR) is 113 cm³/mol. The molecular formula is C22H18N4S. The second-order valence-corrected chi connectivity index (χ2v) is 7.67. The standard InChI is InChI=1S/C22H18N4S/c1-14-18(17-10-4-5-11-20(17)23-14)13-21-25-26-22(27-21)24-19-12-6-8-15-7-2-3-9-16(15)19/h2-12,23H,13H2,1H3,(H,24,26). The second-order valence-electron chi connectivity index (χ2n) is 6.60. The lowest BCUT2D eigenvalue weighted by molar-refractivity contribution is 1.00. The summed E-state index contributed by atoms with van der Waals surface area (Å²) in [6, 6.07) is 23.0. The van der Waals surface area contributed by atoms with Gasteiger partial charge in [0.05, 0.1) is 0 Å². The van der Waals surface area contributed by atoms with Crippen LogP contribution in [0.4, 0.5) is 10.8 Å². The summed E-state index contributed by atoms with van der Waals surface area (Å²) in [5, 5.41) is 17.7. The molecule has 4 nitrogen and oxygen atoms in total. The number of hydrogen-bond donors (Lipinski definition) is 2. The van der Waals surface area contributed by atoms with Crippen LogP contribution in [0.25, 0.3) is 21.7 Å². The zero-order valence-electron chi connectivity index (χ0n) is 14.9. The molecule has 0 fully saturated rings. The lowest BCUT2D eigenvalue weighted by atomic mass is 10.1. The van der Waals surface area contributed by atoms with E-state index in [2.05, 4.69) is 94.2 Å². The number of aryl methyl sites for hydroxylation is 1. The van der Waals surface area contributed by atoms with Gasteiger partial charge in [0.2, 0.25) is 5.13 Å². The molecule has 5 rings (SSSR count). The summed E-state index contributed by atoms with van der Waals surface area (Å²) in [7, 11) is 0. The highest BCUT2D eigenvalue weighted by Gasteiger charge is 2.12. The van der Waals surface area contributed by atoms with E-state index in [1.165, 1.54) is 32.9 Å². The number of aromatic amines is 1. The molecule has 0 spiro atoms. The average molecular weight is 370 g/mol. The van der Waals surface area contributed by atoms with E-state index in [1.807, 2.05) is 0 Å². The normalized spacial score (nSPS) is 11.3. The summed E-state index contributed by atoms with van der Waals surface area (Å²) < 4.78 is 0. The summed E-state index contributed by atoms with van der Waals surface area (Å²) in [4.78, 5) is 3.45. The van der Waals surface area contributed by atoms with Gasteiger partial charge in [0.1, 0.15) is 5.01 Å². The molecule has 3 aromatic carbocycles. The molecule has 0 amide bonds. The number of hydrogen-bond acceptors (Lipinski definition) is 4. The van der Waals surface area contributed by atoms with E-state index in [0.29, 0.717) is 0 Å². The number of aromatic nitrogens is 3. The molecule has 5 aromatic rings. The molecular weight excluding hydrogens is 352 g/mol. The van der Waals surface area contributed by atoms with Gasteiger partial charge in [-0.05, 0) is 30.0 Å². The highest BCUT2D eigenvalue weighted by atomic mass is 32.1. The minimum absolute atomic E-state index is 0.782. The van der Waals surface area contributed by atoms with E-state index < -0.39 is 0 Å². The molecule has 0 aliphatic rings. The summed E-state index contributed by atoms with van der Waals surface area (Å²) in [5.74, 6) is 0. The van der Waals surface area contributed by atoms with Gasteiger partial charge in [0, 0.05) is 34.1 Å². The highest BCUT2D eigenvalue weighted by Crippen LogP contribution is 2.30. The van der Waals surface area contributed by atoms with Crippen molar-refractivity contribution in [3.63, 3.8) is 0 Å². The third-order valence-corrected chi connectivity index (χ3v) is 5.69. The number of nitrogens with one attached hydrogen (secondary N) is 2. The Balaban J connectivity index is 1.44. The summed E-state index contributed by atoms with van der Waals surface area (Å²) in [6.45, 7) is 2.12. The van der Waals surface area contributed by atoms with Crippen LogP contribution in [-0.4, -0.2) is 15.2 Å². The number of H-pyrrole nitrogens is 1. The molecule has 0 bridgehead atoms. The molecule has 0 radical (unpaired) electrons. The molecule has 132 valence electrons. The maximum Gasteiger partial charge on any atom is 0.210 e. The Morgan fingerprint density at radius 1 is 0.889 bits per heavy atom. The van der Waals surface area contributed by atoms with Crippen LogP contribution in [0.5, 0.6) is 0 Å². The monoisotopic (exact) mass is 370 g/mol. The SMILES string of the molecule is Cc1[nH]c2ccccc2c1Cc1nnc(Nc2cccc3ccccc23)s1. The van der Waals surface area contributed by atoms with Gasteiger partial charge in [-0.1, -0.05) is 65.9 Å². The topological polar surface area (TPSA) is 53.6 Å². The van der Waals surface area contributed by atoms with E-state index in [9.17, 15) is 0 Å². The van der Waals surface area contributed by atoms with E-state index in [0.717, 1.165) is 22.2 Å².